The van der Waals surface area contributed by atoms with Gasteiger partial charge in [-0.15, -0.1) is 0 Å². The number of aromatic amines is 1. The van der Waals surface area contributed by atoms with E-state index >= 15 is 0 Å². The molecule has 1 saturated carbocycles. The maximum Gasteiger partial charge on any atom is 0.271 e. The molecule has 3 aromatic rings. The van der Waals surface area contributed by atoms with E-state index in [2.05, 4.69) is 39.1 Å². The molecule has 4 heteroatoms. The second-order valence-electron chi connectivity index (χ2n) is 7.19. The molecule has 2 aromatic carbocycles. The van der Waals surface area contributed by atoms with E-state index in [0.29, 0.717) is 24.3 Å². The first kappa shape index (κ1) is 14.8. The lowest BCUT2D eigenvalue weighted by Gasteiger charge is -2.29. The minimum absolute atomic E-state index is 0.0596. The Morgan fingerprint density at radius 1 is 1.04 bits per heavy atom. The topological polar surface area (TPSA) is 49.0 Å². The summed E-state index contributed by atoms with van der Waals surface area (Å²) < 4.78 is 0. The van der Waals surface area contributed by atoms with Crippen molar-refractivity contribution in [2.24, 2.45) is 0 Å². The predicted molar refractivity (Wildman–Crippen MR) is 98.4 cm³/mol. The number of nitrogens with one attached hydrogen (secondary N) is 1. The Hall–Kier alpha value is -2.46. The normalized spacial score (nSPS) is 19.5. The van der Waals surface area contributed by atoms with Gasteiger partial charge in [0.05, 0.1) is 11.0 Å². The molecule has 0 saturated heterocycles. The van der Waals surface area contributed by atoms with Crippen molar-refractivity contribution in [3.05, 3.63) is 75.7 Å². The van der Waals surface area contributed by atoms with Gasteiger partial charge in [0.1, 0.15) is 5.69 Å². The third-order valence-electron chi connectivity index (χ3n) is 5.52. The predicted octanol–water partition coefficient (Wildman–Crippen LogP) is 3.58. The molecule has 2 aliphatic rings. The quantitative estimate of drug-likeness (QED) is 0.795. The molecule has 1 aromatic heterocycles. The van der Waals surface area contributed by atoms with Crippen molar-refractivity contribution in [2.45, 2.75) is 44.3 Å². The van der Waals surface area contributed by atoms with E-state index in [1.165, 1.54) is 24.0 Å². The monoisotopic (exact) mass is 331 g/mol. The van der Waals surface area contributed by atoms with Gasteiger partial charge in [-0.1, -0.05) is 36.4 Å². The van der Waals surface area contributed by atoms with Gasteiger partial charge >= 0.3 is 0 Å². The van der Waals surface area contributed by atoms with Crippen LogP contribution in [-0.4, -0.2) is 20.9 Å². The Bertz CT molecular complexity index is 990. The largest absolute Gasteiger partial charge is 0.319 e. The molecule has 0 spiro atoms. The van der Waals surface area contributed by atoms with Crippen molar-refractivity contribution < 1.29 is 0 Å². The molecule has 4 nitrogen and oxygen atoms in total. The molecular formula is C21H21N3O. The summed E-state index contributed by atoms with van der Waals surface area (Å²) in [5.74, 6) is 0. The Kier molecular flexibility index (Phi) is 3.45. The van der Waals surface area contributed by atoms with Gasteiger partial charge in [0.25, 0.3) is 5.56 Å². The third kappa shape index (κ3) is 2.67. The minimum atomic E-state index is -0.0596. The average Bonchev–Trinajstić information content (AvgIpc) is 3.39. The standard InChI is InChI=1S/C21H21N3O/c25-21-19(22-17-7-3-4-8-18(17)23-21)13-24(15-10-11-15)20-12-9-14-5-1-2-6-16(14)20/h1-8,15,20H,9-13H2,(H,23,25)/t20-/m0/s1. The number of aryl methyl sites for hydroxylation is 1. The van der Waals surface area contributed by atoms with Gasteiger partial charge in [-0.25, -0.2) is 4.98 Å². The van der Waals surface area contributed by atoms with Crippen LogP contribution in [-0.2, 0) is 13.0 Å². The van der Waals surface area contributed by atoms with E-state index in [-0.39, 0.29) is 5.56 Å². The van der Waals surface area contributed by atoms with E-state index in [4.69, 9.17) is 0 Å². The summed E-state index contributed by atoms with van der Waals surface area (Å²) in [4.78, 5) is 22.7. The molecule has 0 unspecified atom stereocenters. The molecule has 0 aliphatic heterocycles. The first-order valence-corrected chi connectivity index (χ1v) is 9.11. The molecule has 1 N–H and O–H groups in total. The Morgan fingerprint density at radius 3 is 2.72 bits per heavy atom. The van der Waals surface area contributed by atoms with Crippen LogP contribution in [0.5, 0.6) is 0 Å². The molecule has 0 bridgehead atoms. The number of nitrogens with zero attached hydrogens (tertiary/aromatic N) is 2. The van der Waals surface area contributed by atoms with Gasteiger partial charge in [0, 0.05) is 18.6 Å². The number of hydrogen-bond acceptors (Lipinski definition) is 3. The fourth-order valence-electron chi connectivity index (χ4n) is 4.13. The van der Waals surface area contributed by atoms with Crippen LogP contribution in [0.4, 0.5) is 0 Å². The summed E-state index contributed by atoms with van der Waals surface area (Å²) >= 11 is 0. The number of benzene rings is 2. The fraction of sp³-hybridized carbons (Fsp3) is 0.333. The highest BCUT2D eigenvalue weighted by Crippen LogP contribution is 2.42. The fourth-order valence-corrected chi connectivity index (χ4v) is 4.13. The molecule has 1 atom stereocenters. The van der Waals surface area contributed by atoms with Crippen molar-refractivity contribution in [3.8, 4) is 0 Å². The van der Waals surface area contributed by atoms with Crippen LogP contribution in [0.2, 0.25) is 0 Å². The van der Waals surface area contributed by atoms with Crippen LogP contribution < -0.4 is 5.56 Å². The van der Waals surface area contributed by atoms with Crippen LogP contribution in [0.3, 0.4) is 0 Å². The van der Waals surface area contributed by atoms with Crippen molar-refractivity contribution in [2.75, 3.05) is 0 Å². The highest BCUT2D eigenvalue weighted by atomic mass is 16.1. The lowest BCUT2D eigenvalue weighted by Crippen LogP contribution is -2.32. The summed E-state index contributed by atoms with van der Waals surface area (Å²) in [6, 6.07) is 17.5. The summed E-state index contributed by atoms with van der Waals surface area (Å²) in [5, 5.41) is 0. The summed E-state index contributed by atoms with van der Waals surface area (Å²) in [5.41, 5.74) is 5.14. The molecule has 2 aliphatic carbocycles. The highest BCUT2D eigenvalue weighted by Gasteiger charge is 2.37. The van der Waals surface area contributed by atoms with Gasteiger partial charge in [-0.05, 0) is 48.9 Å². The van der Waals surface area contributed by atoms with Crippen LogP contribution in [0, 0.1) is 0 Å². The van der Waals surface area contributed by atoms with Gasteiger partial charge < -0.3 is 4.98 Å². The minimum Gasteiger partial charge on any atom is -0.319 e. The van der Waals surface area contributed by atoms with Crippen molar-refractivity contribution in [1.29, 1.82) is 0 Å². The molecule has 126 valence electrons. The molecule has 0 amide bonds. The van der Waals surface area contributed by atoms with E-state index < -0.39 is 0 Å². The third-order valence-corrected chi connectivity index (χ3v) is 5.52. The Balaban J connectivity index is 1.51. The first-order chi connectivity index (χ1) is 12.3. The van der Waals surface area contributed by atoms with Gasteiger partial charge in [0.15, 0.2) is 0 Å². The number of para-hydroxylation sites is 2. The van der Waals surface area contributed by atoms with Crippen LogP contribution in [0.25, 0.3) is 11.0 Å². The second-order valence-corrected chi connectivity index (χ2v) is 7.19. The van der Waals surface area contributed by atoms with Gasteiger partial charge in [-0.2, -0.15) is 0 Å². The highest BCUT2D eigenvalue weighted by molar-refractivity contribution is 5.73. The van der Waals surface area contributed by atoms with Crippen LogP contribution in [0.15, 0.2) is 53.3 Å². The average molecular weight is 331 g/mol. The van der Waals surface area contributed by atoms with E-state index in [1.54, 1.807) is 0 Å². The SMILES string of the molecule is O=c1[nH]c2ccccc2nc1CN(C1CC1)[C@H]1CCc2ccccc21. The zero-order valence-corrected chi connectivity index (χ0v) is 14.1. The number of H-pyrrole nitrogens is 1. The maximum absolute atomic E-state index is 12.5. The molecule has 25 heavy (non-hydrogen) atoms. The van der Waals surface area contributed by atoms with Gasteiger partial charge in [0.2, 0.25) is 0 Å². The van der Waals surface area contributed by atoms with Crippen molar-refractivity contribution in [1.82, 2.24) is 14.9 Å². The zero-order valence-electron chi connectivity index (χ0n) is 14.1. The lowest BCUT2D eigenvalue weighted by atomic mass is 10.1. The van der Waals surface area contributed by atoms with Crippen LogP contribution >= 0.6 is 0 Å². The zero-order chi connectivity index (χ0) is 16.8. The lowest BCUT2D eigenvalue weighted by molar-refractivity contribution is 0.174. The first-order valence-electron chi connectivity index (χ1n) is 9.11. The molecular weight excluding hydrogens is 310 g/mol. The molecule has 1 heterocycles. The molecule has 5 rings (SSSR count). The number of fused-ring (bicyclic) bond motifs is 2. The van der Waals surface area contributed by atoms with Crippen molar-refractivity contribution in [3.63, 3.8) is 0 Å². The molecule has 1 fully saturated rings. The van der Waals surface area contributed by atoms with E-state index in [0.717, 1.165) is 23.9 Å². The smallest absolute Gasteiger partial charge is 0.271 e. The summed E-state index contributed by atoms with van der Waals surface area (Å²) in [7, 11) is 0. The maximum atomic E-state index is 12.5. The summed E-state index contributed by atoms with van der Waals surface area (Å²) in [6.07, 6.45) is 4.72. The Labute approximate surface area is 146 Å². The van der Waals surface area contributed by atoms with E-state index in [9.17, 15) is 4.79 Å². The van der Waals surface area contributed by atoms with Gasteiger partial charge in [-0.3, -0.25) is 9.69 Å². The van der Waals surface area contributed by atoms with Crippen molar-refractivity contribution >= 4 is 11.0 Å². The number of hydrogen-bond donors (Lipinski definition) is 1. The molecule has 0 radical (unpaired) electrons. The summed E-state index contributed by atoms with van der Waals surface area (Å²) in [6.45, 7) is 0.629. The Morgan fingerprint density at radius 2 is 1.84 bits per heavy atom. The number of aromatic nitrogens is 2. The number of rotatable bonds is 4. The van der Waals surface area contributed by atoms with E-state index in [1.807, 2.05) is 24.3 Å². The second kappa shape index (κ2) is 5.81. The van der Waals surface area contributed by atoms with Crippen LogP contribution in [0.1, 0.15) is 42.1 Å².